The summed E-state index contributed by atoms with van der Waals surface area (Å²) in [6.45, 7) is 0. The summed E-state index contributed by atoms with van der Waals surface area (Å²) in [5.74, 6) is 0.0669. The number of aliphatic hydroxyl groups excluding tert-OH is 1. The zero-order valence-electron chi connectivity index (χ0n) is 12.8. The van der Waals surface area contributed by atoms with Crippen molar-refractivity contribution in [3.8, 4) is 0 Å². The lowest BCUT2D eigenvalue weighted by molar-refractivity contribution is 0.0227. The van der Waals surface area contributed by atoms with Gasteiger partial charge in [0.25, 0.3) is 5.91 Å². The molecule has 2 aliphatic rings. The average molecular weight is 312 g/mol. The second kappa shape index (κ2) is 5.77. The van der Waals surface area contributed by atoms with E-state index in [4.69, 9.17) is 0 Å². The molecule has 1 atom stereocenters. The summed E-state index contributed by atoms with van der Waals surface area (Å²) in [6.07, 6.45) is 5.80. The highest BCUT2D eigenvalue weighted by Crippen LogP contribution is 2.37. The van der Waals surface area contributed by atoms with Crippen molar-refractivity contribution < 1.29 is 9.90 Å². The number of aromatic amines is 1. The number of aryl methyl sites for hydroxylation is 1. The Hall–Kier alpha value is -2.21. The molecule has 0 spiro atoms. The SMILES string of the molecule is O=C(NC(c1ccccn1)C1CC(O)C1)c1n[nH]c2c1CCC2. The van der Waals surface area contributed by atoms with Crippen LogP contribution in [0.25, 0.3) is 0 Å². The number of carbonyl (C=O) groups is 1. The third-order valence-corrected chi connectivity index (χ3v) is 4.94. The van der Waals surface area contributed by atoms with Crippen LogP contribution in [0, 0.1) is 5.92 Å². The van der Waals surface area contributed by atoms with Crippen molar-refractivity contribution in [2.45, 2.75) is 44.2 Å². The molecule has 2 aliphatic carbocycles. The predicted molar refractivity (Wildman–Crippen MR) is 83.8 cm³/mol. The van der Waals surface area contributed by atoms with Crippen molar-refractivity contribution >= 4 is 5.91 Å². The van der Waals surface area contributed by atoms with Crippen molar-refractivity contribution in [2.24, 2.45) is 5.92 Å². The lowest BCUT2D eigenvalue weighted by Gasteiger charge is -2.37. The largest absolute Gasteiger partial charge is 0.393 e. The zero-order chi connectivity index (χ0) is 15.8. The van der Waals surface area contributed by atoms with Crippen molar-refractivity contribution in [3.05, 3.63) is 47.0 Å². The Morgan fingerprint density at radius 3 is 2.96 bits per heavy atom. The number of pyridine rings is 1. The molecule has 2 heterocycles. The predicted octanol–water partition coefficient (Wildman–Crippen LogP) is 1.54. The van der Waals surface area contributed by atoms with E-state index < -0.39 is 0 Å². The second-order valence-corrected chi connectivity index (χ2v) is 6.47. The molecule has 6 heteroatoms. The molecule has 3 N–H and O–H groups in total. The summed E-state index contributed by atoms with van der Waals surface area (Å²) in [6, 6.07) is 5.52. The number of H-pyrrole nitrogens is 1. The Morgan fingerprint density at radius 1 is 1.35 bits per heavy atom. The molecular weight excluding hydrogens is 292 g/mol. The molecule has 1 amide bonds. The number of aromatic nitrogens is 3. The lowest BCUT2D eigenvalue weighted by Crippen LogP contribution is -2.42. The Kier molecular flexibility index (Phi) is 3.61. The van der Waals surface area contributed by atoms with Crippen LogP contribution < -0.4 is 5.32 Å². The Morgan fingerprint density at radius 2 is 2.22 bits per heavy atom. The van der Waals surface area contributed by atoms with Gasteiger partial charge in [-0.2, -0.15) is 5.10 Å². The van der Waals surface area contributed by atoms with E-state index in [0.29, 0.717) is 18.5 Å². The number of hydrogen-bond donors (Lipinski definition) is 3. The molecule has 2 aromatic rings. The topological polar surface area (TPSA) is 90.9 Å². The molecule has 0 saturated heterocycles. The maximum atomic E-state index is 12.7. The highest BCUT2D eigenvalue weighted by Gasteiger charge is 2.37. The fraction of sp³-hybridized carbons (Fsp3) is 0.471. The fourth-order valence-electron chi connectivity index (χ4n) is 3.61. The summed E-state index contributed by atoms with van der Waals surface area (Å²) in [7, 11) is 0. The number of hydrogen-bond acceptors (Lipinski definition) is 4. The minimum Gasteiger partial charge on any atom is -0.393 e. The second-order valence-electron chi connectivity index (χ2n) is 6.47. The maximum absolute atomic E-state index is 12.7. The van der Waals surface area contributed by atoms with Crippen molar-refractivity contribution in [1.29, 1.82) is 0 Å². The number of rotatable bonds is 4. The maximum Gasteiger partial charge on any atom is 0.272 e. The quantitative estimate of drug-likeness (QED) is 0.798. The number of amides is 1. The number of aliphatic hydroxyl groups is 1. The van der Waals surface area contributed by atoms with Crippen molar-refractivity contribution in [1.82, 2.24) is 20.5 Å². The van der Waals surface area contributed by atoms with Gasteiger partial charge >= 0.3 is 0 Å². The number of nitrogens with zero attached hydrogens (tertiary/aromatic N) is 2. The van der Waals surface area contributed by atoms with Gasteiger partial charge in [0, 0.05) is 17.5 Å². The van der Waals surface area contributed by atoms with E-state index in [9.17, 15) is 9.90 Å². The van der Waals surface area contributed by atoms with Crippen LogP contribution in [-0.2, 0) is 12.8 Å². The van der Waals surface area contributed by atoms with Gasteiger partial charge in [0.1, 0.15) is 0 Å². The van der Waals surface area contributed by atoms with Crippen LogP contribution in [0.3, 0.4) is 0 Å². The molecule has 6 nitrogen and oxygen atoms in total. The zero-order valence-corrected chi connectivity index (χ0v) is 12.8. The summed E-state index contributed by atoms with van der Waals surface area (Å²) in [5, 5.41) is 19.9. The molecule has 4 rings (SSSR count). The molecule has 0 radical (unpaired) electrons. The van der Waals surface area contributed by atoms with E-state index in [2.05, 4.69) is 20.5 Å². The molecule has 0 bridgehead atoms. The van der Waals surface area contributed by atoms with Crippen LogP contribution in [0.2, 0.25) is 0 Å². The fourth-order valence-corrected chi connectivity index (χ4v) is 3.61. The van der Waals surface area contributed by atoms with E-state index in [0.717, 1.165) is 36.2 Å². The van der Waals surface area contributed by atoms with Crippen LogP contribution >= 0.6 is 0 Å². The highest BCUT2D eigenvalue weighted by atomic mass is 16.3. The summed E-state index contributed by atoms with van der Waals surface area (Å²) >= 11 is 0. The molecule has 0 aromatic carbocycles. The van der Waals surface area contributed by atoms with E-state index in [1.807, 2.05) is 18.2 Å². The normalized spacial score (nSPS) is 23.9. The van der Waals surface area contributed by atoms with Gasteiger partial charge in [-0.3, -0.25) is 14.9 Å². The Labute approximate surface area is 134 Å². The van der Waals surface area contributed by atoms with Crippen molar-refractivity contribution in [2.75, 3.05) is 0 Å². The first-order chi connectivity index (χ1) is 11.2. The number of fused-ring (bicyclic) bond motifs is 1. The third kappa shape index (κ3) is 2.63. The molecule has 1 unspecified atom stereocenters. The van der Waals surface area contributed by atoms with Crippen LogP contribution in [0.1, 0.15) is 52.7 Å². The van der Waals surface area contributed by atoms with Gasteiger partial charge < -0.3 is 10.4 Å². The minimum absolute atomic E-state index is 0.151. The van der Waals surface area contributed by atoms with E-state index in [1.54, 1.807) is 6.20 Å². The van der Waals surface area contributed by atoms with Gasteiger partial charge in [-0.1, -0.05) is 6.07 Å². The molecule has 2 aromatic heterocycles. The van der Waals surface area contributed by atoms with Crippen LogP contribution in [0.4, 0.5) is 0 Å². The number of nitrogens with one attached hydrogen (secondary N) is 2. The van der Waals surface area contributed by atoms with E-state index in [1.165, 1.54) is 0 Å². The first-order valence-electron chi connectivity index (χ1n) is 8.18. The molecular formula is C17H20N4O2. The molecule has 23 heavy (non-hydrogen) atoms. The highest BCUT2D eigenvalue weighted by molar-refractivity contribution is 5.94. The number of carbonyl (C=O) groups excluding carboxylic acids is 1. The summed E-state index contributed by atoms with van der Waals surface area (Å²) in [4.78, 5) is 17.1. The van der Waals surface area contributed by atoms with Crippen LogP contribution in [0.15, 0.2) is 24.4 Å². The molecule has 1 saturated carbocycles. The van der Waals surface area contributed by atoms with Gasteiger partial charge in [-0.15, -0.1) is 0 Å². The lowest BCUT2D eigenvalue weighted by atomic mass is 9.76. The monoisotopic (exact) mass is 312 g/mol. The van der Waals surface area contributed by atoms with E-state index >= 15 is 0 Å². The van der Waals surface area contributed by atoms with E-state index in [-0.39, 0.29) is 24.0 Å². The minimum atomic E-state index is -0.266. The molecule has 0 aliphatic heterocycles. The Balaban J connectivity index is 1.56. The van der Waals surface area contributed by atoms with Crippen LogP contribution in [-0.4, -0.2) is 32.3 Å². The van der Waals surface area contributed by atoms with Crippen molar-refractivity contribution in [3.63, 3.8) is 0 Å². The first kappa shape index (κ1) is 14.4. The summed E-state index contributed by atoms with van der Waals surface area (Å²) in [5.41, 5.74) is 3.49. The van der Waals surface area contributed by atoms with Crippen LogP contribution in [0.5, 0.6) is 0 Å². The van der Waals surface area contributed by atoms with Gasteiger partial charge in [0.05, 0.1) is 17.8 Å². The van der Waals surface area contributed by atoms with Gasteiger partial charge in [0.2, 0.25) is 0 Å². The average Bonchev–Trinajstić information content (AvgIpc) is 3.13. The standard InChI is InChI=1S/C17H20N4O2/c22-11-8-10(9-11)15(14-5-1-2-7-18-14)19-17(23)16-12-4-3-6-13(12)20-21-16/h1-2,5,7,10-11,15,22H,3-4,6,8-9H2,(H,19,23)(H,20,21). The molecule has 1 fully saturated rings. The summed E-state index contributed by atoms with van der Waals surface area (Å²) < 4.78 is 0. The molecule has 120 valence electrons. The Bertz CT molecular complexity index is 707. The first-order valence-corrected chi connectivity index (χ1v) is 8.18. The van der Waals surface area contributed by atoms with Gasteiger partial charge in [0.15, 0.2) is 5.69 Å². The van der Waals surface area contributed by atoms with Gasteiger partial charge in [-0.25, -0.2) is 0 Å². The van der Waals surface area contributed by atoms with Gasteiger partial charge in [-0.05, 0) is 50.2 Å². The third-order valence-electron chi connectivity index (χ3n) is 4.94. The smallest absolute Gasteiger partial charge is 0.272 e.